The highest BCUT2D eigenvalue weighted by Crippen LogP contribution is 1.93. The van der Waals surface area contributed by atoms with Gasteiger partial charge in [0.2, 0.25) is 0 Å². The molecular formula is C12H24N2O4. The number of rotatable bonds is 10. The number of aliphatic carboxylic acids is 1. The molecule has 0 unspecified atom stereocenters. The number of hydrogen-bond donors (Lipinski definition) is 2. The van der Waals surface area contributed by atoms with Crippen LogP contribution in [0.25, 0.3) is 0 Å². The first-order valence-corrected chi connectivity index (χ1v) is 6.44. The molecular weight excluding hydrogens is 236 g/mol. The average molecular weight is 260 g/mol. The highest BCUT2D eigenvalue weighted by Gasteiger charge is 2.14. The van der Waals surface area contributed by atoms with E-state index in [4.69, 9.17) is 9.84 Å². The summed E-state index contributed by atoms with van der Waals surface area (Å²) < 4.78 is 5.28. The van der Waals surface area contributed by atoms with Gasteiger partial charge in [0.05, 0.1) is 0 Å². The van der Waals surface area contributed by atoms with Gasteiger partial charge in [-0.3, -0.25) is 4.79 Å². The summed E-state index contributed by atoms with van der Waals surface area (Å²) >= 11 is 0. The molecule has 2 amide bonds. The van der Waals surface area contributed by atoms with E-state index in [0.717, 1.165) is 25.9 Å². The Bertz CT molecular complexity index is 246. The van der Waals surface area contributed by atoms with Gasteiger partial charge >= 0.3 is 12.0 Å². The third-order valence-electron chi connectivity index (χ3n) is 2.20. The zero-order chi connectivity index (χ0) is 13.8. The van der Waals surface area contributed by atoms with Gasteiger partial charge in [0.25, 0.3) is 0 Å². The Morgan fingerprint density at radius 1 is 1.22 bits per heavy atom. The maximum atomic E-state index is 11.7. The van der Waals surface area contributed by atoms with Crippen molar-refractivity contribution in [1.82, 2.24) is 10.2 Å². The van der Waals surface area contributed by atoms with Crippen LogP contribution in [0.3, 0.4) is 0 Å². The molecule has 0 atom stereocenters. The zero-order valence-electron chi connectivity index (χ0n) is 11.3. The Labute approximate surface area is 108 Å². The van der Waals surface area contributed by atoms with Gasteiger partial charge in [-0.15, -0.1) is 0 Å². The first-order valence-electron chi connectivity index (χ1n) is 6.44. The number of ether oxygens (including phenoxy) is 1. The van der Waals surface area contributed by atoms with Crippen molar-refractivity contribution in [2.75, 3.05) is 32.8 Å². The van der Waals surface area contributed by atoms with Crippen molar-refractivity contribution >= 4 is 12.0 Å². The Morgan fingerprint density at radius 3 is 2.50 bits per heavy atom. The number of carboxylic acids is 1. The van der Waals surface area contributed by atoms with Crippen LogP contribution < -0.4 is 5.32 Å². The van der Waals surface area contributed by atoms with Crippen molar-refractivity contribution in [3.05, 3.63) is 0 Å². The monoisotopic (exact) mass is 260 g/mol. The SMILES string of the molecule is CCCOCCCNC(=O)N(CCC)CC(=O)O. The van der Waals surface area contributed by atoms with Gasteiger partial charge in [-0.25, -0.2) is 4.79 Å². The van der Waals surface area contributed by atoms with Gasteiger partial charge in [-0.2, -0.15) is 0 Å². The standard InChI is InChI=1S/C12H24N2O4/c1-3-7-14(10-11(15)16)12(17)13-6-5-9-18-8-4-2/h3-10H2,1-2H3,(H,13,17)(H,15,16). The number of nitrogens with zero attached hydrogens (tertiary/aromatic N) is 1. The first-order chi connectivity index (χ1) is 8.61. The summed E-state index contributed by atoms with van der Waals surface area (Å²) in [5.41, 5.74) is 0. The molecule has 0 spiro atoms. The summed E-state index contributed by atoms with van der Waals surface area (Å²) in [6, 6.07) is -0.324. The molecule has 0 aromatic carbocycles. The van der Waals surface area contributed by atoms with E-state index in [1.54, 1.807) is 0 Å². The third-order valence-corrected chi connectivity index (χ3v) is 2.20. The number of nitrogens with one attached hydrogen (secondary N) is 1. The maximum absolute atomic E-state index is 11.7. The molecule has 0 rings (SSSR count). The summed E-state index contributed by atoms with van der Waals surface area (Å²) in [6.45, 7) is 5.98. The molecule has 106 valence electrons. The minimum Gasteiger partial charge on any atom is -0.480 e. The van der Waals surface area contributed by atoms with Gasteiger partial charge in [0.1, 0.15) is 6.54 Å². The van der Waals surface area contributed by atoms with Crippen molar-refractivity contribution in [1.29, 1.82) is 0 Å². The van der Waals surface area contributed by atoms with Gasteiger partial charge in [-0.1, -0.05) is 13.8 Å². The predicted molar refractivity (Wildman–Crippen MR) is 68.6 cm³/mol. The number of hydrogen-bond acceptors (Lipinski definition) is 3. The smallest absolute Gasteiger partial charge is 0.323 e. The second kappa shape index (κ2) is 10.8. The van der Waals surface area contributed by atoms with Crippen LogP contribution >= 0.6 is 0 Å². The Morgan fingerprint density at radius 2 is 1.94 bits per heavy atom. The highest BCUT2D eigenvalue weighted by molar-refractivity contribution is 5.80. The Balaban J connectivity index is 3.77. The molecule has 0 aliphatic heterocycles. The van der Waals surface area contributed by atoms with E-state index in [9.17, 15) is 9.59 Å². The molecule has 0 heterocycles. The van der Waals surface area contributed by atoms with E-state index in [-0.39, 0.29) is 12.6 Å². The lowest BCUT2D eigenvalue weighted by Gasteiger charge is -2.20. The van der Waals surface area contributed by atoms with Crippen molar-refractivity contribution in [3.8, 4) is 0 Å². The molecule has 0 fully saturated rings. The lowest BCUT2D eigenvalue weighted by atomic mass is 10.4. The lowest BCUT2D eigenvalue weighted by molar-refractivity contribution is -0.137. The van der Waals surface area contributed by atoms with Crippen LogP contribution in [0.15, 0.2) is 0 Å². The second-order valence-electron chi connectivity index (χ2n) is 4.01. The molecule has 2 N–H and O–H groups in total. The summed E-state index contributed by atoms with van der Waals surface area (Å²) in [5.74, 6) is -0.995. The quantitative estimate of drug-likeness (QED) is 0.580. The lowest BCUT2D eigenvalue weighted by Crippen LogP contribution is -2.43. The number of carboxylic acid groups (broad SMARTS) is 1. The third kappa shape index (κ3) is 8.81. The van der Waals surface area contributed by atoms with E-state index in [1.165, 1.54) is 4.90 Å². The van der Waals surface area contributed by atoms with E-state index in [2.05, 4.69) is 5.32 Å². The average Bonchev–Trinajstić information content (AvgIpc) is 2.32. The van der Waals surface area contributed by atoms with Crippen molar-refractivity contribution in [2.24, 2.45) is 0 Å². The molecule has 18 heavy (non-hydrogen) atoms. The van der Waals surface area contributed by atoms with Gasteiger partial charge in [0, 0.05) is 26.3 Å². The van der Waals surface area contributed by atoms with E-state index < -0.39 is 5.97 Å². The predicted octanol–water partition coefficient (Wildman–Crippen LogP) is 1.31. The topological polar surface area (TPSA) is 78.9 Å². The van der Waals surface area contributed by atoms with E-state index in [0.29, 0.717) is 19.7 Å². The normalized spacial score (nSPS) is 10.1. The van der Waals surface area contributed by atoms with E-state index >= 15 is 0 Å². The van der Waals surface area contributed by atoms with Crippen LogP contribution in [-0.4, -0.2) is 54.9 Å². The molecule has 0 aliphatic rings. The second-order valence-corrected chi connectivity index (χ2v) is 4.01. The molecule has 0 saturated heterocycles. The highest BCUT2D eigenvalue weighted by atomic mass is 16.5. The Kier molecular flexibility index (Phi) is 10.0. The molecule has 0 radical (unpaired) electrons. The summed E-state index contributed by atoms with van der Waals surface area (Å²) in [5, 5.41) is 11.4. The molecule has 0 aromatic rings. The molecule has 6 heteroatoms. The maximum Gasteiger partial charge on any atom is 0.323 e. The van der Waals surface area contributed by atoms with Crippen LogP contribution in [-0.2, 0) is 9.53 Å². The van der Waals surface area contributed by atoms with Crippen LogP contribution in [0.1, 0.15) is 33.1 Å². The number of urea groups is 1. The molecule has 0 bridgehead atoms. The molecule has 0 aromatic heterocycles. The van der Waals surface area contributed by atoms with Crippen LogP contribution in [0.2, 0.25) is 0 Å². The molecule has 6 nitrogen and oxygen atoms in total. The minimum absolute atomic E-state index is 0.258. The van der Waals surface area contributed by atoms with Gasteiger partial charge < -0.3 is 20.1 Å². The van der Waals surface area contributed by atoms with Crippen LogP contribution in [0, 0.1) is 0 Å². The molecule has 0 aliphatic carbocycles. The van der Waals surface area contributed by atoms with Gasteiger partial charge in [-0.05, 0) is 19.3 Å². The fourth-order valence-corrected chi connectivity index (χ4v) is 1.41. The van der Waals surface area contributed by atoms with Crippen LogP contribution in [0.4, 0.5) is 4.79 Å². The number of carbonyl (C=O) groups excluding carboxylic acids is 1. The van der Waals surface area contributed by atoms with Crippen molar-refractivity contribution in [3.63, 3.8) is 0 Å². The first kappa shape index (κ1) is 16.7. The van der Waals surface area contributed by atoms with E-state index in [1.807, 2.05) is 13.8 Å². The van der Waals surface area contributed by atoms with Gasteiger partial charge in [0.15, 0.2) is 0 Å². The zero-order valence-corrected chi connectivity index (χ0v) is 11.3. The number of amides is 2. The van der Waals surface area contributed by atoms with Crippen molar-refractivity contribution in [2.45, 2.75) is 33.1 Å². The fourth-order valence-electron chi connectivity index (χ4n) is 1.41. The summed E-state index contributed by atoms with van der Waals surface area (Å²) in [7, 11) is 0. The summed E-state index contributed by atoms with van der Waals surface area (Å²) in [6.07, 6.45) is 2.45. The summed E-state index contributed by atoms with van der Waals surface area (Å²) in [4.78, 5) is 23.6. The minimum atomic E-state index is -0.995. The largest absolute Gasteiger partial charge is 0.480 e. The fraction of sp³-hybridized carbons (Fsp3) is 0.833. The molecule has 0 saturated carbocycles. The van der Waals surface area contributed by atoms with Crippen molar-refractivity contribution < 1.29 is 19.4 Å². The number of carbonyl (C=O) groups is 2. The van der Waals surface area contributed by atoms with Crippen LogP contribution in [0.5, 0.6) is 0 Å². The Hall–Kier alpha value is -1.30.